The lowest BCUT2D eigenvalue weighted by Crippen LogP contribution is -2.49. The molecule has 2 N–H and O–H groups in total. The summed E-state index contributed by atoms with van der Waals surface area (Å²) in [7, 11) is 7.86. The Kier molecular flexibility index (Phi) is 5.56. The van der Waals surface area contributed by atoms with E-state index in [2.05, 4.69) is 60.5 Å². The largest absolute Gasteiger partial charge is 0.354 e. The lowest BCUT2D eigenvalue weighted by molar-refractivity contribution is 0.297. The van der Waals surface area contributed by atoms with Crippen molar-refractivity contribution < 1.29 is 0 Å². The number of aromatic nitrogens is 2. The minimum absolute atomic E-state index is 0.0102. The van der Waals surface area contributed by atoms with E-state index in [1.54, 1.807) is 7.05 Å². The fourth-order valence-corrected chi connectivity index (χ4v) is 1.94. The summed E-state index contributed by atoms with van der Waals surface area (Å²) in [5.41, 5.74) is 1.18. The van der Waals surface area contributed by atoms with Gasteiger partial charge < -0.3 is 15.5 Å². The normalized spacial score (nSPS) is 14.5. The Morgan fingerprint density at radius 2 is 2.10 bits per heavy atom. The van der Waals surface area contributed by atoms with Gasteiger partial charge in [-0.3, -0.25) is 9.67 Å². The van der Waals surface area contributed by atoms with Crippen LogP contribution in [0.25, 0.3) is 0 Å². The van der Waals surface area contributed by atoms with Crippen LogP contribution < -0.4 is 10.6 Å². The van der Waals surface area contributed by atoms with Crippen LogP contribution in [0.15, 0.2) is 17.4 Å². The zero-order valence-electron chi connectivity index (χ0n) is 13.7. The lowest BCUT2D eigenvalue weighted by atomic mass is 10.1. The van der Waals surface area contributed by atoms with Gasteiger partial charge in [0.1, 0.15) is 0 Å². The molecule has 0 amide bonds. The quantitative estimate of drug-likeness (QED) is 0.638. The maximum Gasteiger partial charge on any atom is 0.191 e. The van der Waals surface area contributed by atoms with Crippen LogP contribution in [-0.2, 0) is 7.05 Å². The highest BCUT2D eigenvalue weighted by atomic mass is 15.3. The van der Waals surface area contributed by atoms with Gasteiger partial charge >= 0.3 is 0 Å². The molecule has 0 aliphatic carbocycles. The molecule has 0 spiro atoms. The second-order valence-electron chi connectivity index (χ2n) is 6.25. The highest BCUT2D eigenvalue weighted by molar-refractivity contribution is 5.80. The second kappa shape index (κ2) is 6.74. The van der Waals surface area contributed by atoms with Crippen LogP contribution in [0.2, 0.25) is 0 Å². The van der Waals surface area contributed by atoms with Crippen molar-refractivity contribution in [2.45, 2.75) is 32.4 Å². The van der Waals surface area contributed by atoms with Crippen LogP contribution in [0.1, 0.15) is 32.4 Å². The Bertz CT molecular complexity index is 441. The number of hydrogen-bond donors (Lipinski definition) is 2. The molecule has 6 nitrogen and oxygen atoms in total. The summed E-state index contributed by atoms with van der Waals surface area (Å²) in [6.07, 6.45) is 3.96. The van der Waals surface area contributed by atoms with E-state index in [0.29, 0.717) is 0 Å². The molecule has 0 saturated carbocycles. The molecule has 0 bridgehead atoms. The fourth-order valence-electron chi connectivity index (χ4n) is 1.94. The Balaban J connectivity index is 2.68. The highest BCUT2D eigenvalue weighted by Gasteiger charge is 2.17. The zero-order valence-corrected chi connectivity index (χ0v) is 13.7. The molecule has 0 aliphatic rings. The van der Waals surface area contributed by atoms with E-state index in [1.807, 2.05) is 24.1 Å². The van der Waals surface area contributed by atoms with Gasteiger partial charge in [0.05, 0.1) is 12.2 Å². The van der Waals surface area contributed by atoms with E-state index in [0.717, 1.165) is 12.5 Å². The summed E-state index contributed by atoms with van der Waals surface area (Å²) in [4.78, 5) is 6.43. The molecule has 6 heteroatoms. The smallest absolute Gasteiger partial charge is 0.191 e. The minimum Gasteiger partial charge on any atom is -0.354 e. The summed E-state index contributed by atoms with van der Waals surface area (Å²) in [6, 6.07) is 0.252. The van der Waals surface area contributed by atoms with E-state index >= 15 is 0 Å². The average Bonchev–Trinajstić information content (AvgIpc) is 2.72. The van der Waals surface area contributed by atoms with Crippen LogP contribution in [0, 0.1) is 0 Å². The van der Waals surface area contributed by atoms with Crippen LogP contribution in [0.4, 0.5) is 0 Å². The number of likely N-dealkylation sites (N-methyl/N-ethyl adjacent to an activating group) is 1. The first kappa shape index (κ1) is 16.5. The van der Waals surface area contributed by atoms with Crippen LogP contribution in [0.5, 0.6) is 0 Å². The molecule has 0 aromatic carbocycles. The maximum absolute atomic E-state index is 4.26. The summed E-state index contributed by atoms with van der Waals surface area (Å²) in [5, 5.41) is 11.0. The molecular weight excluding hydrogens is 252 g/mol. The van der Waals surface area contributed by atoms with Gasteiger partial charge in [-0.1, -0.05) is 0 Å². The first-order chi connectivity index (χ1) is 9.23. The topological polar surface area (TPSA) is 57.5 Å². The molecule has 1 rings (SSSR count). The number of nitrogens with zero attached hydrogens (tertiary/aromatic N) is 4. The number of nitrogens with one attached hydrogen (secondary N) is 2. The van der Waals surface area contributed by atoms with Crippen LogP contribution in [0.3, 0.4) is 0 Å². The first-order valence-corrected chi connectivity index (χ1v) is 6.86. The third kappa shape index (κ3) is 5.21. The van der Waals surface area contributed by atoms with E-state index < -0.39 is 0 Å². The van der Waals surface area contributed by atoms with Crippen molar-refractivity contribution in [1.29, 1.82) is 0 Å². The molecule has 0 saturated heterocycles. The van der Waals surface area contributed by atoms with Gasteiger partial charge in [0.25, 0.3) is 0 Å². The van der Waals surface area contributed by atoms with Gasteiger partial charge in [-0.15, -0.1) is 0 Å². The number of guanidine groups is 1. The molecule has 1 aromatic heterocycles. The Labute approximate surface area is 122 Å². The molecule has 0 aliphatic heterocycles. The SMILES string of the molecule is CN=C(NCC(c1cnn(C)c1)N(C)C)NC(C)(C)C. The molecule has 1 atom stereocenters. The summed E-state index contributed by atoms with van der Waals surface area (Å²) >= 11 is 0. The Hall–Kier alpha value is -1.56. The predicted octanol–water partition coefficient (Wildman–Crippen LogP) is 0.986. The number of aliphatic imine (C=N–C) groups is 1. The van der Waals surface area contributed by atoms with Gasteiger partial charge in [-0.2, -0.15) is 5.10 Å². The van der Waals surface area contributed by atoms with Crippen molar-refractivity contribution in [1.82, 2.24) is 25.3 Å². The first-order valence-electron chi connectivity index (χ1n) is 6.86. The second-order valence-corrected chi connectivity index (χ2v) is 6.25. The Morgan fingerprint density at radius 1 is 1.45 bits per heavy atom. The highest BCUT2D eigenvalue weighted by Crippen LogP contribution is 2.16. The molecule has 0 fully saturated rings. The third-order valence-electron chi connectivity index (χ3n) is 2.91. The number of aryl methyl sites for hydroxylation is 1. The molecule has 114 valence electrons. The molecule has 1 unspecified atom stereocenters. The van der Waals surface area contributed by atoms with Crippen molar-refractivity contribution in [3.8, 4) is 0 Å². The third-order valence-corrected chi connectivity index (χ3v) is 2.91. The Morgan fingerprint density at radius 3 is 2.50 bits per heavy atom. The molecule has 1 aromatic rings. The number of hydrogen-bond acceptors (Lipinski definition) is 3. The molecule has 1 heterocycles. The monoisotopic (exact) mass is 280 g/mol. The molecule has 0 radical (unpaired) electrons. The van der Waals surface area contributed by atoms with Crippen molar-refractivity contribution >= 4 is 5.96 Å². The standard InChI is InChI=1S/C14H28N6/c1-14(2,3)18-13(15-4)16-9-12(19(5)6)11-8-17-20(7)10-11/h8,10,12H,9H2,1-7H3,(H2,15,16,18). The van der Waals surface area contributed by atoms with Gasteiger partial charge in [-0.25, -0.2) is 0 Å². The van der Waals surface area contributed by atoms with E-state index in [1.165, 1.54) is 5.56 Å². The van der Waals surface area contributed by atoms with Crippen LogP contribution in [-0.4, -0.2) is 53.9 Å². The maximum atomic E-state index is 4.26. The van der Waals surface area contributed by atoms with Crippen molar-refractivity contribution in [2.24, 2.45) is 12.0 Å². The minimum atomic E-state index is -0.0102. The molecular formula is C14H28N6. The van der Waals surface area contributed by atoms with Crippen molar-refractivity contribution in [3.05, 3.63) is 18.0 Å². The lowest BCUT2D eigenvalue weighted by Gasteiger charge is -2.27. The molecule has 20 heavy (non-hydrogen) atoms. The van der Waals surface area contributed by atoms with Gasteiger partial charge in [0, 0.05) is 37.9 Å². The fraction of sp³-hybridized carbons (Fsp3) is 0.714. The summed E-state index contributed by atoms with van der Waals surface area (Å²) < 4.78 is 1.83. The van der Waals surface area contributed by atoms with E-state index in [-0.39, 0.29) is 11.6 Å². The van der Waals surface area contributed by atoms with Crippen LogP contribution >= 0.6 is 0 Å². The van der Waals surface area contributed by atoms with E-state index in [9.17, 15) is 0 Å². The zero-order chi connectivity index (χ0) is 15.3. The van der Waals surface area contributed by atoms with Gasteiger partial charge in [0.2, 0.25) is 0 Å². The average molecular weight is 280 g/mol. The predicted molar refractivity (Wildman–Crippen MR) is 83.9 cm³/mol. The van der Waals surface area contributed by atoms with Gasteiger partial charge in [0.15, 0.2) is 5.96 Å². The summed E-state index contributed by atoms with van der Waals surface area (Å²) in [6.45, 7) is 7.12. The summed E-state index contributed by atoms with van der Waals surface area (Å²) in [5.74, 6) is 0.813. The van der Waals surface area contributed by atoms with E-state index in [4.69, 9.17) is 0 Å². The van der Waals surface area contributed by atoms with Gasteiger partial charge in [-0.05, 0) is 34.9 Å². The number of rotatable bonds is 4. The van der Waals surface area contributed by atoms with Crippen molar-refractivity contribution in [2.75, 3.05) is 27.7 Å². The van der Waals surface area contributed by atoms with Crippen molar-refractivity contribution in [3.63, 3.8) is 0 Å².